The number of hydrogen-bond donors (Lipinski definition) is 1. The summed E-state index contributed by atoms with van der Waals surface area (Å²) in [4.78, 5) is 0. The summed E-state index contributed by atoms with van der Waals surface area (Å²) in [5, 5.41) is 11.2. The highest BCUT2D eigenvalue weighted by molar-refractivity contribution is 9.10. The summed E-state index contributed by atoms with van der Waals surface area (Å²) in [7, 11) is 0. The largest absolute Gasteiger partial charge is 0.507 e. The molecule has 0 aliphatic heterocycles. The van der Waals surface area contributed by atoms with Gasteiger partial charge in [-0.05, 0) is 87.1 Å². The van der Waals surface area contributed by atoms with Crippen molar-refractivity contribution in [2.24, 2.45) is 0 Å². The van der Waals surface area contributed by atoms with Crippen LogP contribution >= 0.6 is 15.9 Å². The van der Waals surface area contributed by atoms with Crippen molar-refractivity contribution in [2.75, 3.05) is 0 Å². The molecule has 1 nitrogen and oxygen atoms in total. The molecule has 0 fully saturated rings. The first-order valence-corrected chi connectivity index (χ1v) is 9.67. The van der Waals surface area contributed by atoms with E-state index in [1.807, 2.05) is 12.1 Å². The lowest BCUT2D eigenvalue weighted by Gasteiger charge is -2.18. The van der Waals surface area contributed by atoms with Crippen LogP contribution in [0.15, 0.2) is 40.9 Å². The molecule has 0 atom stereocenters. The molecule has 0 saturated carbocycles. The van der Waals surface area contributed by atoms with Gasteiger partial charge in [-0.1, -0.05) is 51.3 Å². The molecule has 0 saturated heterocycles. The van der Waals surface area contributed by atoms with Gasteiger partial charge in [0.1, 0.15) is 5.75 Å². The summed E-state index contributed by atoms with van der Waals surface area (Å²) >= 11 is 3.66. The van der Waals surface area contributed by atoms with Crippen molar-refractivity contribution < 1.29 is 5.11 Å². The van der Waals surface area contributed by atoms with Crippen molar-refractivity contribution in [3.8, 4) is 28.0 Å². The van der Waals surface area contributed by atoms with E-state index in [0.29, 0.717) is 5.75 Å². The molecule has 0 amide bonds. The van der Waals surface area contributed by atoms with Gasteiger partial charge in [0, 0.05) is 15.6 Å². The van der Waals surface area contributed by atoms with E-state index in [2.05, 4.69) is 81.7 Å². The minimum Gasteiger partial charge on any atom is -0.507 e. The fraction of sp³-hybridized carbons (Fsp3) is 0.250. The normalized spacial score (nSPS) is 11.0. The molecule has 134 valence electrons. The quantitative estimate of drug-likeness (QED) is 0.470. The van der Waals surface area contributed by atoms with Crippen LogP contribution in [0.3, 0.4) is 0 Å². The zero-order chi connectivity index (χ0) is 19.2. The van der Waals surface area contributed by atoms with E-state index in [1.165, 1.54) is 33.4 Å². The van der Waals surface area contributed by atoms with Gasteiger partial charge in [-0.25, -0.2) is 0 Å². The van der Waals surface area contributed by atoms with Crippen LogP contribution in [0.2, 0.25) is 0 Å². The van der Waals surface area contributed by atoms with E-state index in [0.717, 1.165) is 26.7 Å². The average Bonchev–Trinajstić information content (AvgIpc) is 2.49. The maximum Gasteiger partial charge on any atom is 0.131 e. The predicted octanol–water partition coefficient (Wildman–Crippen LogP) is 7.34. The summed E-state index contributed by atoms with van der Waals surface area (Å²) in [6.07, 6.45) is 0. The lowest BCUT2D eigenvalue weighted by molar-refractivity contribution is 0.479. The standard InChI is InChI=1S/C24H25BrO/c1-13-7-15(3)22(16(4)8-13)20-11-19(25)12-21(24(20)26)23-17(5)9-14(2)10-18(23)6/h7-12,26H,1-6H3. The van der Waals surface area contributed by atoms with Gasteiger partial charge in [-0.3, -0.25) is 0 Å². The number of rotatable bonds is 2. The van der Waals surface area contributed by atoms with Crippen LogP contribution in [-0.4, -0.2) is 5.11 Å². The summed E-state index contributed by atoms with van der Waals surface area (Å²) in [5.41, 5.74) is 11.2. The summed E-state index contributed by atoms with van der Waals surface area (Å²) in [5.74, 6) is 0.346. The van der Waals surface area contributed by atoms with Gasteiger partial charge in [-0.2, -0.15) is 0 Å². The van der Waals surface area contributed by atoms with Crippen molar-refractivity contribution in [3.05, 3.63) is 74.3 Å². The Labute approximate surface area is 164 Å². The Morgan fingerprint density at radius 2 is 0.885 bits per heavy atom. The molecule has 3 aromatic rings. The molecule has 0 aromatic heterocycles. The van der Waals surface area contributed by atoms with Gasteiger partial charge >= 0.3 is 0 Å². The molecule has 1 N–H and O–H groups in total. The Hall–Kier alpha value is -2.06. The van der Waals surface area contributed by atoms with Crippen molar-refractivity contribution in [1.29, 1.82) is 0 Å². The monoisotopic (exact) mass is 408 g/mol. The maximum atomic E-state index is 11.2. The molecular formula is C24H25BrO. The fourth-order valence-electron chi connectivity index (χ4n) is 4.19. The van der Waals surface area contributed by atoms with Gasteiger partial charge in [0.15, 0.2) is 0 Å². The predicted molar refractivity (Wildman–Crippen MR) is 115 cm³/mol. The smallest absolute Gasteiger partial charge is 0.131 e. The van der Waals surface area contributed by atoms with E-state index in [4.69, 9.17) is 0 Å². The third-order valence-corrected chi connectivity index (χ3v) is 5.43. The van der Waals surface area contributed by atoms with E-state index in [9.17, 15) is 5.11 Å². The highest BCUT2D eigenvalue weighted by Gasteiger charge is 2.18. The molecule has 0 spiro atoms. The molecular weight excluding hydrogens is 384 g/mol. The van der Waals surface area contributed by atoms with Crippen molar-refractivity contribution >= 4 is 15.9 Å². The second-order valence-corrected chi connectivity index (χ2v) is 8.31. The minimum atomic E-state index is 0.346. The molecule has 3 aromatic carbocycles. The second kappa shape index (κ2) is 6.92. The number of phenols is 1. The second-order valence-electron chi connectivity index (χ2n) is 7.40. The van der Waals surface area contributed by atoms with Crippen LogP contribution < -0.4 is 0 Å². The number of phenolic OH excluding ortho intramolecular Hbond substituents is 1. The first-order valence-electron chi connectivity index (χ1n) is 8.88. The Morgan fingerprint density at radius 3 is 1.19 bits per heavy atom. The highest BCUT2D eigenvalue weighted by Crippen LogP contribution is 2.44. The van der Waals surface area contributed by atoms with Gasteiger partial charge in [0.25, 0.3) is 0 Å². The first kappa shape index (κ1) is 18.7. The summed E-state index contributed by atoms with van der Waals surface area (Å²) in [6, 6.07) is 12.7. The zero-order valence-electron chi connectivity index (χ0n) is 16.3. The number of hydrogen-bond acceptors (Lipinski definition) is 1. The molecule has 3 rings (SSSR count). The number of aryl methyl sites for hydroxylation is 6. The third kappa shape index (κ3) is 3.31. The number of halogens is 1. The van der Waals surface area contributed by atoms with Crippen LogP contribution in [0, 0.1) is 41.5 Å². The molecule has 0 radical (unpaired) electrons. The average molecular weight is 409 g/mol. The van der Waals surface area contributed by atoms with E-state index in [-0.39, 0.29) is 0 Å². The van der Waals surface area contributed by atoms with Crippen LogP contribution in [-0.2, 0) is 0 Å². The van der Waals surface area contributed by atoms with Gasteiger partial charge in [0.2, 0.25) is 0 Å². The Bertz CT molecular complexity index is 890. The molecule has 0 heterocycles. The molecule has 2 heteroatoms. The van der Waals surface area contributed by atoms with Gasteiger partial charge < -0.3 is 5.11 Å². The topological polar surface area (TPSA) is 20.2 Å². The SMILES string of the molecule is Cc1cc(C)c(-c2cc(Br)cc(-c3c(C)cc(C)cc3C)c2O)c(C)c1. The van der Waals surface area contributed by atoms with E-state index >= 15 is 0 Å². The summed E-state index contributed by atoms with van der Waals surface area (Å²) < 4.78 is 0.971. The van der Waals surface area contributed by atoms with Crippen LogP contribution in [0.5, 0.6) is 5.75 Å². The molecule has 0 aliphatic carbocycles. The van der Waals surface area contributed by atoms with Crippen LogP contribution in [0.4, 0.5) is 0 Å². The van der Waals surface area contributed by atoms with Crippen LogP contribution in [0.1, 0.15) is 33.4 Å². The minimum absolute atomic E-state index is 0.346. The van der Waals surface area contributed by atoms with Crippen LogP contribution in [0.25, 0.3) is 22.3 Å². The highest BCUT2D eigenvalue weighted by atomic mass is 79.9. The Balaban J connectivity index is 2.34. The third-order valence-electron chi connectivity index (χ3n) is 4.97. The molecule has 0 bridgehead atoms. The fourth-order valence-corrected chi connectivity index (χ4v) is 4.65. The van der Waals surface area contributed by atoms with E-state index < -0.39 is 0 Å². The molecule has 26 heavy (non-hydrogen) atoms. The van der Waals surface area contributed by atoms with Crippen molar-refractivity contribution in [1.82, 2.24) is 0 Å². The number of benzene rings is 3. The molecule has 0 unspecified atom stereocenters. The Morgan fingerprint density at radius 1 is 0.577 bits per heavy atom. The van der Waals surface area contributed by atoms with Crippen molar-refractivity contribution in [3.63, 3.8) is 0 Å². The van der Waals surface area contributed by atoms with Gasteiger partial charge in [0.05, 0.1) is 0 Å². The maximum absolute atomic E-state index is 11.2. The number of aromatic hydroxyl groups is 1. The lowest BCUT2D eigenvalue weighted by Crippen LogP contribution is -1.95. The summed E-state index contributed by atoms with van der Waals surface area (Å²) in [6.45, 7) is 12.6. The lowest BCUT2D eigenvalue weighted by atomic mass is 9.88. The molecule has 0 aliphatic rings. The van der Waals surface area contributed by atoms with Gasteiger partial charge in [-0.15, -0.1) is 0 Å². The first-order chi connectivity index (χ1) is 12.2. The zero-order valence-corrected chi connectivity index (χ0v) is 17.9. The van der Waals surface area contributed by atoms with E-state index in [1.54, 1.807) is 0 Å². The van der Waals surface area contributed by atoms with Crippen molar-refractivity contribution in [2.45, 2.75) is 41.5 Å². The Kier molecular flexibility index (Phi) is 4.98.